The molecule has 2 aliphatic carbocycles. The Labute approximate surface area is 319 Å². The number of hydrogen-bond acceptors (Lipinski definition) is 9. The molecular weight excluding hydrogens is 714 g/mol. The van der Waals surface area contributed by atoms with Gasteiger partial charge in [-0.1, -0.05) is 31.0 Å². The number of anilines is 1. The Morgan fingerprint density at radius 2 is 1.72 bits per heavy atom. The third-order valence-corrected chi connectivity index (χ3v) is 16.3. The molecule has 2 spiro atoms. The van der Waals surface area contributed by atoms with Gasteiger partial charge in [0.25, 0.3) is 5.91 Å². The number of nitrogens with zero attached hydrogens (tertiary/aromatic N) is 2. The predicted octanol–water partition coefficient (Wildman–Crippen LogP) is 5.80. The normalized spacial score (nSPS) is 36.8. The summed E-state index contributed by atoms with van der Waals surface area (Å²) >= 11 is 6.50. The van der Waals surface area contributed by atoms with E-state index in [1.165, 1.54) is 11.1 Å². The van der Waals surface area contributed by atoms with E-state index in [-0.39, 0.29) is 29.6 Å². The Morgan fingerprint density at radius 3 is 2.45 bits per heavy atom. The fourth-order valence-corrected chi connectivity index (χ4v) is 12.1. The van der Waals surface area contributed by atoms with Gasteiger partial charge in [-0.2, -0.15) is 0 Å². The summed E-state index contributed by atoms with van der Waals surface area (Å²) in [6.07, 6.45) is 7.49. The number of sulfonamides is 1. The van der Waals surface area contributed by atoms with E-state index in [2.05, 4.69) is 26.7 Å². The van der Waals surface area contributed by atoms with Crippen LogP contribution in [0.3, 0.4) is 0 Å². The van der Waals surface area contributed by atoms with Crippen LogP contribution in [0.1, 0.15) is 80.3 Å². The summed E-state index contributed by atoms with van der Waals surface area (Å²) in [5, 5.41) is 0.0278. The van der Waals surface area contributed by atoms with Crippen LogP contribution in [0.5, 0.6) is 5.75 Å². The van der Waals surface area contributed by atoms with Gasteiger partial charge in [-0.3, -0.25) is 9.69 Å². The molecule has 12 heteroatoms. The number of ether oxygens (including phenoxy) is 4. The van der Waals surface area contributed by atoms with Gasteiger partial charge in [-0.25, -0.2) is 13.1 Å². The number of halogens is 1. The summed E-state index contributed by atoms with van der Waals surface area (Å²) in [5.74, 6) is 1.04. The molecule has 5 aliphatic heterocycles. The third kappa shape index (κ3) is 6.69. The summed E-state index contributed by atoms with van der Waals surface area (Å²) in [4.78, 5) is 18.6. The topological polar surface area (TPSA) is 107 Å². The van der Waals surface area contributed by atoms with E-state index in [0.717, 1.165) is 107 Å². The Morgan fingerprint density at radius 1 is 0.906 bits per heavy atom. The molecular formula is C41H54ClN3O7S. The van der Waals surface area contributed by atoms with Crippen LogP contribution in [0.4, 0.5) is 5.69 Å². The second kappa shape index (κ2) is 14.0. The number of hydrogen-bond donors (Lipinski definition) is 1. The molecule has 2 aromatic carbocycles. The van der Waals surface area contributed by atoms with E-state index in [1.807, 2.05) is 25.1 Å². The number of fused-ring (bicyclic) bond motifs is 4. The molecule has 0 unspecified atom stereocenters. The highest BCUT2D eigenvalue weighted by Gasteiger charge is 2.52. The Kier molecular flexibility index (Phi) is 9.54. The highest BCUT2D eigenvalue weighted by atomic mass is 35.5. The molecule has 7 aliphatic rings. The van der Waals surface area contributed by atoms with Crippen LogP contribution >= 0.6 is 11.6 Å². The van der Waals surface area contributed by atoms with Crippen molar-refractivity contribution in [2.75, 3.05) is 64.1 Å². The van der Waals surface area contributed by atoms with Crippen molar-refractivity contribution in [1.82, 2.24) is 9.62 Å². The molecule has 2 aromatic rings. The molecule has 53 heavy (non-hydrogen) atoms. The smallest absolute Gasteiger partial charge is 0.264 e. The van der Waals surface area contributed by atoms with Gasteiger partial charge in [0.1, 0.15) is 5.75 Å². The summed E-state index contributed by atoms with van der Waals surface area (Å²) in [5.41, 5.74) is 3.84. The minimum absolute atomic E-state index is 0.127. The SMILES string of the molecule is C[C@@H]1[C@@H](C)CCC[C@H](C2OCC(N3CC4(COC4)C3)CO2)[C@@H]2CC[C@H]2CN2C[C@@]3(CCCc4cc(Cl)ccc43)COc3ccc(cc32)C(=O)NS1(=O)=O. The molecule has 5 heterocycles. The highest BCUT2D eigenvalue weighted by molar-refractivity contribution is 7.90. The van der Waals surface area contributed by atoms with Gasteiger partial charge >= 0.3 is 0 Å². The molecule has 2 bridgehead atoms. The first-order valence-electron chi connectivity index (χ1n) is 19.9. The first-order chi connectivity index (χ1) is 25.5. The van der Waals surface area contributed by atoms with Crippen molar-refractivity contribution in [3.8, 4) is 5.75 Å². The average molecular weight is 768 g/mol. The van der Waals surface area contributed by atoms with Crippen molar-refractivity contribution < 1.29 is 32.2 Å². The lowest BCUT2D eigenvalue weighted by molar-refractivity contribution is -0.267. The van der Waals surface area contributed by atoms with Crippen molar-refractivity contribution in [3.05, 3.63) is 58.1 Å². The second-order valence-electron chi connectivity index (χ2n) is 17.6. The largest absolute Gasteiger partial charge is 0.490 e. The van der Waals surface area contributed by atoms with Crippen LogP contribution in [0, 0.1) is 29.1 Å². The van der Waals surface area contributed by atoms with Crippen molar-refractivity contribution in [2.24, 2.45) is 29.1 Å². The maximum atomic E-state index is 13.6. The monoisotopic (exact) mass is 767 g/mol. The zero-order valence-corrected chi connectivity index (χ0v) is 32.6. The van der Waals surface area contributed by atoms with E-state index < -0.39 is 21.2 Å². The number of rotatable bonds is 2. The second-order valence-corrected chi connectivity index (χ2v) is 20.1. The van der Waals surface area contributed by atoms with Crippen LogP contribution < -0.4 is 14.4 Å². The molecule has 1 saturated carbocycles. The molecule has 4 fully saturated rings. The van der Waals surface area contributed by atoms with Crippen molar-refractivity contribution in [1.29, 1.82) is 0 Å². The van der Waals surface area contributed by atoms with Gasteiger partial charge in [0, 0.05) is 53.5 Å². The number of likely N-dealkylation sites (tertiary alicyclic amines) is 1. The molecule has 1 amide bonds. The van der Waals surface area contributed by atoms with Gasteiger partial charge in [0.2, 0.25) is 10.0 Å². The maximum Gasteiger partial charge on any atom is 0.264 e. The summed E-state index contributed by atoms with van der Waals surface area (Å²) in [7, 11) is -3.91. The van der Waals surface area contributed by atoms with Crippen molar-refractivity contribution in [2.45, 2.75) is 88.2 Å². The van der Waals surface area contributed by atoms with Gasteiger partial charge in [0.05, 0.1) is 50.0 Å². The zero-order chi connectivity index (χ0) is 36.5. The average Bonchev–Trinajstić information content (AvgIpc) is 3.24. The quantitative estimate of drug-likeness (QED) is 0.406. The first-order valence-corrected chi connectivity index (χ1v) is 21.9. The Balaban J connectivity index is 1.03. The first kappa shape index (κ1) is 36.2. The lowest BCUT2D eigenvalue weighted by Gasteiger charge is -2.58. The lowest BCUT2D eigenvalue weighted by atomic mass is 9.64. The maximum absolute atomic E-state index is 13.6. The Hall–Kier alpha value is -2.41. The van der Waals surface area contributed by atoms with Gasteiger partial charge < -0.3 is 23.8 Å². The number of aryl methyl sites for hydroxylation is 1. The van der Waals surface area contributed by atoms with Crippen LogP contribution in [0.15, 0.2) is 36.4 Å². The van der Waals surface area contributed by atoms with E-state index in [4.69, 9.17) is 30.5 Å². The van der Waals surface area contributed by atoms with Crippen LogP contribution in [-0.4, -0.2) is 96.0 Å². The summed E-state index contributed by atoms with van der Waals surface area (Å²) in [6.45, 7) is 11.0. The third-order valence-electron chi connectivity index (χ3n) is 14.2. The standard InChI is InChI=1S/C41H54ClN3O7S/c1-26-5-3-7-34(39-50-18-32(19-51-39)45-20-40(21-45)23-49-24-40)33-11-8-30(33)17-44-22-41(14-4-6-28-15-31(42)10-12-35(28)41)25-52-37-13-9-29(16-36(37)44)38(46)43-53(47,48)27(26)2/h9-10,12-13,15-16,26-27,30,32-34,39H,3-8,11,14,17-25H2,1-2H3,(H,43,46)/t26-,27+,30-,32?,33+,34-,39?,41-/m0/s1. The minimum Gasteiger partial charge on any atom is -0.490 e. The summed E-state index contributed by atoms with van der Waals surface area (Å²) in [6, 6.07) is 12.0. The van der Waals surface area contributed by atoms with Crippen molar-refractivity contribution in [3.63, 3.8) is 0 Å². The number of carbonyl (C=O) groups is 1. The van der Waals surface area contributed by atoms with E-state index >= 15 is 0 Å². The van der Waals surface area contributed by atoms with Crippen molar-refractivity contribution >= 4 is 33.2 Å². The Bertz CT molecular complexity index is 1820. The highest BCUT2D eigenvalue weighted by Crippen LogP contribution is 2.49. The predicted molar refractivity (Wildman–Crippen MR) is 203 cm³/mol. The fourth-order valence-electron chi connectivity index (χ4n) is 10.6. The summed E-state index contributed by atoms with van der Waals surface area (Å²) < 4.78 is 55.1. The zero-order valence-electron chi connectivity index (χ0n) is 31.1. The molecule has 6 atom stereocenters. The molecule has 288 valence electrons. The van der Waals surface area contributed by atoms with Gasteiger partial charge in [-0.05, 0) is 111 Å². The number of nitrogens with one attached hydrogen (secondary N) is 1. The molecule has 9 rings (SSSR count). The molecule has 10 nitrogen and oxygen atoms in total. The van der Waals surface area contributed by atoms with Crippen LogP contribution in [0.2, 0.25) is 5.02 Å². The molecule has 0 aromatic heterocycles. The fraction of sp³-hybridized carbons (Fsp3) is 0.683. The van der Waals surface area contributed by atoms with Gasteiger partial charge in [0.15, 0.2) is 6.29 Å². The van der Waals surface area contributed by atoms with Gasteiger partial charge in [-0.15, -0.1) is 0 Å². The lowest BCUT2D eigenvalue weighted by Crippen LogP contribution is -2.70. The van der Waals surface area contributed by atoms with Crippen LogP contribution in [-0.2, 0) is 36.1 Å². The molecule has 1 N–H and O–H groups in total. The van der Waals surface area contributed by atoms with E-state index in [1.54, 1.807) is 13.0 Å². The number of carbonyl (C=O) groups excluding carboxylic acids is 1. The number of benzene rings is 2. The minimum atomic E-state index is -3.91. The molecule has 3 saturated heterocycles. The molecule has 0 radical (unpaired) electrons. The van der Waals surface area contributed by atoms with Crippen LogP contribution in [0.25, 0.3) is 0 Å². The van der Waals surface area contributed by atoms with E-state index in [0.29, 0.717) is 42.6 Å². The number of amides is 1. The van der Waals surface area contributed by atoms with E-state index in [9.17, 15) is 13.2 Å².